The molecule has 0 aromatic heterocycles. The Hall–Kier alpha value is -1.91. The fourth-order valence-electron chi connectivity index (χ4n) is 1.72. The average Bonchev–Trinajstić information content (AvgIpc) is 2.28. The van der Waals surface area contributed by atoms with Crippen molar-refractivity contribution in [1.29, 1.82) is 0 Å². The second-order valence-corrected chi connectivity index (χ2v) is 3.95. The summed E-state index contributed by atoms with van der Waals surface area (Å²) >= 11 is 0. The van der Waals surface area contributed by atoms with E-state index in [1.807, 2.05) is 13.8 Å². The summed E-state index contributed by atoms with van der Waals surface area (Å²) in [7, 11) is 1.27. The van der Waals surface area contributed by atoms with Gasteiger partial charge in [-0.05, 0) is 37.5 Å². The molecule has 92 valence electrons. The lowest BCUT2D eigenvalue weighted by atomic mass is 9.95. The molecule has 5 nitrogen and oxygen atoms in total. The summed E-state index contributed by atoms with van der Waals surface area (Å²) in [5.74, 6) is -0.473. The fraction of sp³-hybridized carbons (Fsp3) is 0.417. The summed E-state index contributed by atoms with van der Waals surface area (Å²) in [4.78, 5) is 21.8. The molecule has 0 radical (unpaired) electrons. The molecule has 0 aliphatic heterocycles. The predicted octanol–water partition coefficient (Wildman–Crippen LogP) is 2.24. The number of hydrogen-bond donors (Lipinski definition) is 0. The SMILES string of the molecule is COC(=O)Cc1c([N+](=O)[O-])cc(C)c(C)c1C. The number of hydrogen-bond acceptors (Lipinski definition) is 4. The lowest BCUT2D eigenvalue weighted by Gasteiger charge is -2.11. The van der Waals surface area contributed by atoms with E-state index in [9.17, 15) is 14.9 Å². The van der Waals surface area contributed by atoms with Gasteiger partial charge in [0.15, 0.2) is 0 Å². The van der Waals surface area contributed by atoms with Gasteiger partial charge < -0.3 is 4.74 Å². The van der Waals surface area contributed by atoms with E-state index in [4.69, 9.17) is 0 Å². The normalized spacial score (nSPS) is 10.1. The van der Waals surface area contributed by atoms with Gasteiger partial charge in [0, 0.05) is 11.6 Å². The Balaban J connectivity index is 3.39. The van der Waals surface area contributed by atoms with Gasteiger partial charge in [0.25, 0.3) is 5.69 Å². The standard InChI is InChI=1S/C12H15NO4/c1-7-5-11(13(15)16)10(6-12(14)17-4)9(3)8(7)2/h5H,6H2,1-4H3. The lowest BCUT2D eigenvalue weighted by molar-refractivity contribution is -0.385. The lowest BCUT2D eigenvalue weighted by Crippen LogP contribution is -2.10. The molecule has 1 aromatic rings. The first-order valence-electron chi connectivity index (χ1n) is 5.19. The summed E-state index contributed by atoms with van der Waals surface area (Å²) in [5, 5.41) is 11.0. The van der Waals surface area contributed by atoms with Crippen LogP contribution in [0.4, 0.5) is 5.69 Å². The van der Waals surface area contributed by atoms with E-state index < -0.39 is 10.9 Å². The fourth-order valence-corrected chi connectivity index (χ4v) is 1.72. The molecule has 1 aromatic carbocycles. The van der Waals surface area contributed by atoms with E-state index in [0.29, 0.717) is 5.56 Å². The number of nitro groups is 1. The van der Waals surface area contributed by atoms with E-state index >= 15 is 0 Å². The van der Waals surface area contributed by atoms with Gasteiger partial charge in [-0.1, -0.05) is 0 Å². The number of nitro benzene ring substituents is 1. The minimum Gasteiger partial charge on any atom is -0.469 e. The van der Waals surface area contributed by atoms with Crippen molar-refractivity contribution < 1.29 is 14.5 Å². The van der Waals surface area contributed by atoms with E-state index in [1.165, 1.54) is 13.2 Å². The molecular formula is C12H15NO4. The first-order chi connectivity index (χ1) is 7.88. The van der Waals surface area contributed by atoms with Crippen LogP contribution >= 0.6 is 0 Å². The average molecular weight is 237 g/mol. The molecule has 1 rings (SSSR count). The van der Waals surface area contributed by atoms with Crippen molar-refractivity contribution >= 4 is 11.7 Å². The van der Waals surface area contributed by atoms with Crippen LogP contribution in [0.1, 0.15) is 22.3 Å². The molecule has 0 atom stereocenters. The molecule has 0 N–H and O–H groups in total. The Morgan fingerprint density at radius 3 is 2.41 bits per heavy atom. The molecule has 17 heavy (non-hydrogen) atoms. The van der Waals surface area contributed by atoms with Crippen LogP contribution in [0.5, 0.6) is 0 Å². The van der Waals surface area contributed by atoms with Gasteiger partial charge in [0.1, 0.15) is 0 Å². The van der Waals surface area contributed by atoms with E-state index in [0.717, 1.165) is 16.7 Å². The van der Waals surface area contributed by atoms with Crippen molar-refractivity contribution in [2.45, 2.75) is 27.2 Å². The van der Waals surface area contributed by atoms with E-state index in [1.54, 1.807) is 6.92 Å². The third kappa shape index (κ3) is 2.61. The van der Waals surface area contributed by atoms with Gasteiger partial charge in [0.2, 0.25) is 0 Å². The number of carbonyl (C=O) groups is 1. The number of ether oxygens (including phenoxy) is 1. The second kappa shape index (κ2) is 4.95. The van der Waals surface area contributed by atoms with Crippen molar-refractivity contribution in [1.82, 2.24) is 0 Å². The van der Waals surface area contributed by atoms with Crippen molar-refractivity contribution in [3.8, 4) is 0 Å². The quantitative estimate of drug-likeness (QED) is 0.459. The molecule has 5 heteroatoms. The van der Waals surface area contributed by atoms with Crippen LogP contribution in [0.15, 0.2) is 6.07 Å². The van der Waals surface area contributed by atoms with Crippen LogP contribution in [0.3, 0.4) is 0 Å². The summed E-state index contributed by atoms with van der Waals surface area (Å²) in [6.45, 7) is 5.49. The maximum atomic E-state index is 11.3. The number of benzene rings is 1. The van der Waals surface area contributed by atoms with E-state index in [-0.39, 0.29) is 12.1 Å². The Morgan fingerprint density at radius 2 is 1.94 bits per heavy atom. The molecular weight excluding hydrogens is 222 g/mol. The third-order valence-corrected chi connectivity index (χ3v) is 3.01. The maximum absolute atomic E-state index is 11.3. The number of nitrogens with zero attached hydrogens (tertiary/aromatic N) is 1. The van der Waals surface area contributed by atoms with Gasteiger partial charge in [0.05, 0.1) is 18.5 Å². The minimum absolute atomic E-state index is 0.0176. The summed E-state index contributed by atoms with van der Waals surface area (Å²) < 4.78 is 4.55. The number of esters is 1. The molecule has 0 aliphatic carbocycles. The molecule has 0 spiro atoms. The highest BCUT2D eigenvalue weighted by Crippen LogP contribution is 2.28. The van der Waals surface area contributed by atoms with Crippen LogP contribution in [-0.4, -0.2) is 18.0 Å². The van der Waals surface area contributed by atoms with Gasteiger partial charge >= 0.3 is 5.97 Å². The zero-order valence-electron chi connectivity index (χ0n) is 10.4. The first-order valence-corrected chi connectivity index (χ1v) is 5.19. The molecule has 0 saturated carbocycles. The zero-order valence-corrected chi connectivity index (χ0v) is 10.4. The molecule has 0 saturated heterocycles. The molecule has 0 aliphatic rings. The van der Waals surface area contributed by atoms with Crippen LogP contribution in [0.2, 0.25) is 0 Å². The van der Waals surface area contributed by atoms with Gasteiger partial charge in [-0.2, -0.15) is 0 Å². The summed E-state index contributed by atoms with van der Waals surface area (Å²) in [6.07, 6.45) is -0.0697. The highest BCUT2D eigenvalue weighted by molar-refractivity contribution is 5.75. The topological polar surface area (TPSA) is 69.4 Å². The smallest absolute Gasteiger partial charge is 0.310 e. The largest absolute Gasteiger partial charge is 0.469 e. The minimum atomic E-state index is -0.473. The monoisotopic (exact) mass is 237 g/mol. The Kier molecular flexibility index (Phi) is 3.83. The van der Waals surface area contributed by atoms with E-state index in [2.05, 4.69) is 4.74 Å². The number of aryl methyl sites for hydroxylation is 1. The van der Waals surface area contributed by atoms with Gasteiger partial charge in [-0.15, -0.1) is 0 Å². The second-order valence-electron chi connectivity index (χ2n) is 3.95. The maximum Gasteiger partial charge on any atom is 0.310 e. The van der Waals surface area contributed by atoms with Crippen molar-refractivity contribution in [2.75, 3.05) is 7.11 Å². The number of carbonyl (C=O) groups excluding carboxylic acids is 1. The molecule has 0 fully saturated rings. The summed E-state index contributed by atoms with van der Waals surface area (Å²) in [6, 6.07) is 1.50. The predicted molar refractivity (Wildman–Crippen MR) is 63.0 cm³/mol. The molecule has 0 bridgehead atoms. The highest BCUT2D eigenvalue weighted by Gasteiger charge is 2.21. The Labute approximate surface area is 99.5 Å². The van der Waals surface area contributed by atoms with Crippen molar-refractivity contribution in [3.05, 3.63) is 38.4 Å². The summed E-state index contributed by atoms with van der Waals surface area (Å²) in [5.41, 5.74) is 3.01. The molecule has 0 unspecified atom stereocenters. The highest BCUT2D eigenvalue weighted by atomic mass is 16.6. The Bertz CT molecular complexity index is 480. The Morgan fingerprint density at radius 1 is 1.35 bits per heavy atom. The number of rotatable bonds is 3. The zero-order chi connectivity index (χ0) is 13.2. The third-order valence-electron chi connectivity index (χ3n) is 3.01. The van der Waals surface area contributed by atoms with Crippen LogP contribution in [0.25, 0.3) is 0 Å². The van der Waals surface area contributed by atoms with Crippen molar-refractivity contribution in [2.24, 2.45) is 0 Å². The van der Waals surface area contributed by atoms with Crippen LogP contribution in [-0.2, 0) is 16.0 Å². The molecule has 0 heterocycles. The van der Waals surface area contributed by atoms with Crippen molar-refractivity contribution in [3.63, 3.8) is 0 Å². The van der Waals surface area contributed by atoms with Crippen LogP contribution in [0, 0.1) is 30.9 Å². The van der Waals surface area contributed by atoms with Crippen LogP contribution < -0.4 is 0 Å². The first kappa shape index (κ1) is 13.2. The van der Waals surface area contributed by atoms with Gasteiger partial charge in [-0.3, -0.25) is 14.9 Å². The molecule has 0 amide bonds. The number of methoxy groups -OCH3 is 1. The van der Waals surface area contributed by atoms with Gasteiger partial charge in [-0.25, -0.2) is 0 Å².